The summed E-state index contributed by atoms with van der Waals surface area (Å²) in [5.74, 6) is -1.03. The van der Waals surface area contributed by atoms with Gasteiger partial charge < -0.3 is 10.4 Å². The Hall–Kier alpha value is -1.66. The van der Waals surface area contributed by atoms with Gasteiger partial charge in [-0.25, -0.2) is 0 Å². The molecule has 1 saturated carbocycles. The van der Waals surface area contributed by atoms with Crippen LogP contribution in [-0.2, 0) is 4.79 Å². The molecule has 1 aliphatic carbocycles. The van der Waals surface area contributed by atoms with Crippen LogP contribution in [0.2, 0.25) is 0 Å². The summed E-state index contributed by atoms with van der Waals surface area (Å²) in [6, 6.07) is 11.6. The Balaban J connectivity index is 1.67. The number of aliphatic carboxylic acids is 1. The van der Waals surface area contributed by atoms with Crippen LogP contribution in [0.5, 0.6) is 0 Å². The minimum absolute atomic E-state index is 0.201. The molecular weight excluding hydrogens is 366 g/mol. The number of carbonyl (C=O) groups is 2. The number of hydrogen-bond acceptors (Lipinski definition) is 3. The Morgan fingerprint density at radius 2 is 1.86 bits per heavy atom. The second-order valence-electron chi connectivity index (χ2n) is 5.44. The fourth-order valence-corrected chi connectivity index (χ4v) is 3.38. The molecule has 2 aromatic rings. The van der Waals surface area contributed by atoms with Crippen molar-refractivity contribution in [2.24, 2.45) is 5.41 Å². The van der Waals surface area contributed by atoms with E-state index in [0.717, 1.165) is 14.9 Å². The van der Waals surface area contributed by atoms with Crippen molar-refractivity contribution in [3.8, 4) is 10.4 Å². The molecule has 4 nitrogen and oxygen atoms in total. The van der Waals surface area contributed by atoms with Gasteiger partial charge in [0, 0.05) is 15.9 Å². The molecule has 0 bridgehead atoms. The van der Waals surface area contributed by atoms with Gasteiger partial charge in [-0.1, -0.05) is 28.1 Å². The monoisotopic (exact) mass is 379 g/mol. The molecule has 1 aliphatic rings. The van der Waals surface area contributed by atoms with Gasteiger partial charge in [0.25, 0.3) is 5.91 Å². The highest BCUT2D eigenvalue weighted by molar-refractivity contribution is 9.10. The molecule has 1 aromatic heterocycles. The lowest BCUT2D eigenvalue weighted by Gasteiger charge is -2.10. The highest BCUT2D eigenvalue weighted by Crippen LogP contribution is 2.45. The maximum Gasteiger partial charge on any atom is 0.311 e. The van der Waals surface area contributed by atoms with E-state index in [1.165, 1.54) is 11.3 Å². The average Bonchev–Trinajstić information content (AvgIpc) is 3.15. The van der Waals surface area contributed by atoms with Crippen molar-refractivity contribution in [1.29, 1.82) is 0 Å². The van der Waals surface area contributed by atoms with E-state index in [1.807, 2.05) is 30.3 Å². The molecule has 0 radical (unpaired) electrons. The Labute approximate surface area is 140 Å². The maximum atomic E-state index is 12.1. The fourth-order valence-electron chi connectivity index (χ4n) is 2.18. The van der Waals surface area contributed by atoms with E-state index in [9.17, 15) is 9.59 Å². The van der Waals surface area contributed by atoms with Crippen molar-refractivity contribution in [3.63, 3.8) is 0 Å². The van der Waals surface area contributed by atoms with Crippen LogP contribution in [0, 0.1) is 5.41 Å². The summed E-state index contributed by atoms with van der Waals surface area (Å²) >= 11 is 4.80. The first kappa shape index (κ1) is 15.2. The van der Waals surface area contributed by atoms with E-state index < -0.39 is 11.4 Å². The van der Waals surface area contributed by atoms with Gasteiger partial charge in [-0.15, -0.1) is 11.3 Å². The smallest absolute Gasteiger partial charge is 0.311 e. The van der Waals surface area contributed by atoms with Gasteiger partial charge in [0.05, 0.1) is 10.3 Å². The van der Waals surface area contributed by atoms with Gasteiger partial charge in [-0.3, -0.25) is 9.59 Å². The molecule has 22 heavy (non-hydrogen) atoms. The molecule has 0 atom stereocenters. The summed E-state index contributed by atoms with van der Waals surface area (Å²) < 4.78 is 1.01. The molecule has 1 heterocycles. The Bertz CT molecular complexity index is 719. The predicted octanol–water partition coefficient (Wildman–Crippen LogP) is 3.77. The normalized spacial score (nSPS) is 15.3. The van der Waals surface area contributed by atoms with Gasteiger partial charge in [0.2, 0.25) is 0 Å². The number of carboxylic acids is 1. The van der Waals surface area contributed by atoms with Gasteiger partial charge in [0.1, 0.15) is 0 Å². The standard InChI is InChI=1S/C16H14BrNO3S/c17-11-3-1-10(2-4-11)12-5-6-13(22-12)14(19)18-9-16(7-8-16)15(20)21/h1-6H,7-9H2,(H,18,19)(H,20,21). The summed E-state index contributed by atoms with van der Waals surface area (Å²) in [4.78, 5) is 24.8. The fraction of sp³-hybridized carbons (Fsp3) is 0.250. The summed E-state index contributed by atoms with van der Waals surface area (Å²) in [5.41, 5.74) is 0.318. The van der Waals surface area contributed by atoms with E-state index >= 15 is 0 Å². The second kappa shape index (κ2) is 5.85. The molecule has 114 valence electrons. The van der Waals surface area contributed by atoms with Crippen LogP contribution in [0.1, 0.15) is 22.5 Å². The van der Waals surface area contributed by atoms with Crippen LogP contribution in [0.15, 0.2) is 40.9 Å². The number of hydrogen-bond donors (Lipinski definition) is 2. The molecule has 1 amide bonds. The van der Waals surface area contributed by atoms with Crippen molar-refractivity contribution in [3.05, 3.63) is 45.7 Å². The third-order valence-corrected chi connectivity index (χ3v) is 5.51. The van der Waals surface area contributed by atoms with Crippen LogP contribution in [0.25, 0.3) is 10.4 Å². The molecule has 0 spiro atoms. The third-order valence-electron chi connectivity index (χ3n) is 3.85. The molecule has 0 aliphatic heterocycles. The number of rotatable bonds is 5. The van der Waals surface area contributed by atoms with E-state index in [0.29, 0.717) is 17.7 Å². The molecule has 0 saturated heterocycles. The van der Waals surface area contributed by atoms with Gasteiger partial charge >= 0.3 is 5.97 Å². The zero-order valence-corrected chi connectivity index (χ0v) is 14.0. The Kier molecular flexibility index (Phi) is 4.06. The zero-order valence-electron chi connectivity index (χ0n) is 11.6. The van der Waals surface area contributed by atoms with E-state index in [1.54, 1.807) is 6.07 Å². The quantitative estimate of drug-likeness (QED) is 0.830. The third kappa shape index (κ3) is 3.08. The first-order valence-corrected chi connectivity index (χ1v) is 8.48. The number of thiophene rings is 1. The van der Waals surface area contributed by atoms with Crippen molar-refractivity contribution in [2.75, 3.05) is 6.54 Å². The number of nitrogens with one attached hydrogen (secondary N) is 1. The minimum atomic E-state index is -0.825. The summed E-state index contributed by atoms with van der Waals surface area (Å²) in [7, 11) is 0. The van der Waals surface area contributed by atoms with Crippen LogP contribution in [-0.4, -0.2) is 23.5 Å². The summed E-state index contributed by atoms with van der Waals surface area (Å²) in [5, 5.41) is 11.8. The average molecular weight is 380 g/mol. The first-order chi connectivity index (χ1) is 10.5. The lowest BCUT2D eigenvalue weighted by molar-refractivity contribution is -0.143. The number of halogens is 1. The van der Waals surface area contributed by atoms with Gasteiger partial charge in [-0.2, -0.15) is 0 Å². The van der Waals surface area contributed by atoms with Crippen LogP contribution >= 0.6 is 27.3 Å². The van der Waals surface area contributed by atoms with Crippen molar-refractivity contribution < 1.29 is 14.7 Å². The first-order valence-electron chi connectivity index (χ1n) is 6.88. The highest BCUT2D eigenvalue weighted by Gasteiger charge is 2.50. The van der Waals surface area contributed by atoms with Crippen LogP contribution in [0.4, 0.5) is 0 Å². The second-order valence-corrected chi connectivity index (χ2v) is 7.44. The molecule has 1 aromatic carbocycles. The van der Waals surface area contributed by atoms with Crippen molar-refractivity contribution in [1.82, 2.24) is 5.32 Å². The topological polar surface area (TPSA) is 66.4 Å². The Morgan fingerprint density at radius 1 is 1.18 bits per heavy atom. The van der Waals surface area contributed by atoms with Crippen LogP contribution < -0.4 is 5.32 Å². The van der Waals surface area contributed by atoms with Gasteiger partial charge in [-0.05, 0) is 42.7 Å². The zero-order chi connectivity index (χ0) is 15.7. The number of carbonyl (C=O) groups excluding carboxylic acids is 1. The Morgan fingerprint density at radius 3 is 2.45 bits per heavy atom. The molecular formula is C16H14BrNO3S. The lowest BCUT2D eigenvalue weighted by atomic mass is 10.1. The molecule has 6 heteroatoms. The number of carboxylic acid groups (broad SMARTS) is 1. The van der Waals surface area contributed by atoms with E-state index in [4.69, 9.17) is 5.11 Å². The molecule has 3 rings (SSSR count). The van der Waals surface area contributed by atoms with Crippen molar-refractivity contribution >= 4 is 39.1 Å². The number of amides is 1. The van der Waals surface area contributed by atoms with E-state index in [-0.39, 0.29) is 12.5 Å². The largest absolute Gasteiger partial charge is 0.481 e. The lowest BCUT2D eigenvalue weighted by Crippen LogP contribution is -2.33. The van der Waals surface area contributed by atoms with Crippen molar-refractivity contribution in [2.45, 2.75) is 12.8 Å². The highest BCUT2D eigenvalue weighted by atomic mass is 79.9. The van der Waals surface area contributed by atoms with E-state index in [2.05, 4.69) is 21.2 Å². The van der Waals surface area contributed by atoms with Crippen LogP contribution in [0.3, 0.4) is 0 Å². The molecule has 0 unspecified atom stereocenters. The predicted molar refractivity (Wildman–Crippen MR) is 89.1 cm³/mol. The molecule has 1 fully saturated rings. The molecule has 2 N–H and O–H groups in total. The SMILES string of the molecule is O=C(NCC1(C(=O)O)CC1)c1ccc(-c2ccc(Br)cc2)s1. The minimum Gasteiger partial charge on any atom is -0.481 e. The maximum absolute atomic E-state index is 12.1. The summed E-state index contributed by atoms with van der Waals surface area (Å²) in [6.45, 7) is 0.201. The number of benzene rings is 1. The summed E-state index contributed by atoms with van der Waals surface area (Å²) in [6.07, 6.45) is 1.27. The van der Waals surface area contributed by atoms with Gasteiger partial charge in [0.15, 0.2) is 0 Å².